The standard InChI is InChI=1S/C14H18N2O2S/c1-3-12(10-19-2)16-14(18)13-11(7-5-9-17)6-4-8-15-13/h4,6,8,12,17H,3,9-10H2,1-2H3,(H,16,18). The lowest BCUT2D eigenvalue weighted by Crippen LogP contribution is -2.37. The maximum Gasteiger partial charge on any atom is 0.271 e. The molecule has 1 unspecified atom stereocenters. The maximum atomic E-state index is 12.2. The molecule has 1 amide bonds. The summed E-state index contributed by atoms with van der Waals surface area (Å²) < 4.78 is 0. The number of carbonyl (C=O) groups is 1. The molecular formula is C14H18N2O2S. The molecule has 19 heavy (non-hydrogen) atoms. The van der Waals surface area contributed by atoms with E-state index in [-0.39, 0.29) is 18.6 Å². The molecule has 0 aromatic carbocycles. The molecule has 1 atom stereocenters. The molecule has 0 bridgehead atoms. The number of aliphatic hydroxyl groups is 1. The van der Waals surface area contributed by atoms with E-state index in [1.54, 1.807) is 30.1 Å². The van der Waals surface area contributed by atoms with Crippen molar-refractivity contribution in [1.82, 2.24) is 10.3 Å². The fourth-order valence-electron chi connectivity index (χ4n) is 1.54. The van der Waals surface area contributed by atoms with Crippen molar-refractivity contribution >= 4 is 17.7 Å². The number of amides is 1. The second kappa shape index (κ2) is 8.57. The van der Waals surface area contributed by atoms with Gasteiger partial charge >= 0.3 is 0 Å². The fraction of sp³-hybridized carbons (Fsp3) is 0.429. The Morgan fingerprint density at radius 3 is 3.05 bits per heavy atom. The molecule has 1 heterocycles. The van der Waals surface area contributed by atoms with Crippen LogP contribution in [0.5, 0.6) is 0 Å². The Hall–Kier alpha value is -1.51. The maximum absolute atomic E-state index is 12.2. The highest BCUT2D eigenvalue weighted by molar-refractivity contribution is 7.98. The van der Waals surface area contributed by atoms with Crippen molar-refractivity contribution in [2.45, 2.75) is 19.4 Å². The summed E-state index contributed by atoms with van der Waals surface area (Å²) in [5, 5.41) is 11.7. The lowest BCUT2D eigenvalue weighted by Gasteiger charge is -2.15. The summed E-state index contributed by atoms with van der Waals surface area (Å²) >= 11 is 1.69. The SMILES string of the molecule is CCC(CSC)NC(=O)c1ncccc1C#CCO. The van der Waals surface area contributed by atoms with Crippen molar-refractivity contribution < 1.29 is 9.90 Å². The van der Waals surface area contributed by atoms with E-state index in [0.29, 0.717) is 11.3 Å². The zero-order valence-electron chi connectivity index (χ0n) is 11.1. The van der Waals surface area contributed by atoms with Gasteiger partial charge in [-0.3, -0.25) is 4.79 Å². The van der Waals surface area contributed by atoms with Crippen LogP contribution in [0.2, 0.25) is 0 Å². The summed E-state index contributed by atoms with van der Waals surface area (Å²) in [5.74, 6) is 5.92. The number of aromatic nitrogens is 1. The molecule has 0 fully saturated rings. The third kappa shape index (κ3) is 4.93. The van der Waals surface area contributed by atoms with Crippen LogP contribution in [0, 0.1) is 11.8 Å². The average molecular weight is 278 g/mol. The van der Waals surface area contributed by atoms with Crippen LogP contribution in [0.15, 0.2) is 18.3 Å². The van der Waals surface area contributed by atoms with Crippen molar-refractivity contribution in [3.8, 4) is 11.8 Å². The second-order valence-corrected chi connectivity index (χ2v) is 4.80. The Kier molecular flexibility index (Phi) is 7.01. The minimum Gasteiger partial charge on any atom is -0.384 e. The largest absolute Gasteiger partial charge is 0.384 e. The highest BCUT2D eigenvalue weighted by Crippen LogP contribution is 2.06. The molecule has 1 rings (SSSR count). The van der Waals surface area contributed by atoms with Gasteiger partial charge in [0, 0.05) is 18.0 Å². The van der Waals surface area contributed by atoms with E-state index in [4.69, 9.17) is 5.11 Å². The predicted molar refractivity (Wildman–Crippen MR) is 78.1 cm³/mol. The smallest absolute Gasteiger partial charge is 0.271 e. The molecule has 0 saturated heterocycles. The summed E-state index contributed by atoms with van der Waals surface area (Å²) in [6.07, 6.45) is 4.44. The fourth-order valence-corrected chi connectivity index (χ4v) is 2.26. The van der Waals surface area contributed by atoms with E-state index in [2.05, 4.69) is 22.1 Å². The summed E-state index contributed by atoms with van der Waals surface area (Å²) in [6, 6.07) is 3.57. The van der Waals surface area contributed by atoms with Crippen LogP contribution in [-0.4, -0.2) is 40.7 Å². The van der Waals surface area contributed by atoms with Gasteiger partial charge in [-0.2, -0.15) is 11.8 Å². The highest BCUT2D eigenvalue weighted by Gasteiger charge is 2.15. The van der Waals surface area contributed by atoms with Gasteiger partial charge in [-0.25, -0.2) is 4.98 Å². The van der Waals surface area contributed by atoms with Gasteiger partial charge in [0.1, 0.15) is 12.3 Å². The van der Waals surface area contributed by atoms with E-state index >= 15 is 0 Å². The molecular weight excluding hydrogens is 260 g/mol. The molecule has 0 radical (unpaired) electrons. The van der Waals surface area contributed by atoms with Gasteiger partial charge in [-0.15, -0.1) is 0 Å². The zero-order chi connectivity index (χ0) is 14.1. The number of pyridine rings is 1. The van der Waals surface area contributed by atoms with E-state index < -0.39 is 0 Å². The van der Waals surface area contributed by atoms with Gasteiger partial charge in [-0.05, 0) is 24.8 Å². The van der Waals surface area contributed by atoms with Gasteiger partial charge in [0.2, 0.25) is 0 Å². The molecule has 5 heteroatoms. The lowest BCUT2D eigenvalue weighted by molar-refractivity contribution is 0.0934. The molecule has 0 spiro atoms. The molecule has 1 aromatic rings. The van der Waals surface area contributed by atoms with Crippen LogP contribution in [-0.2, 0) is 0 Å². The van der Waals surface area contributed by atoms with Crippen molar-refractivity contribution in [3.63, 3.8) is 0 Å². The molecule has 0 aliphatic heterocycles. The molecule has 0 aliphatic rings. The number of thioether (sulfide) groups is 1. The van der Waals surface area contributed by atoms with Crippen molar-refractivity contribution in [2.24, 2.45) is 0 Å². The first-order valence-corrected chi connectivity index (χ1v) is 7.46. The van der Waals surface area contributed by atoms with Gasteiger partial charge in [0.15, 0.2) is 0 Å². The van der Waals surface area contributed by atoms with E-state index in [1.807, 2.05) is 13.2 Å². The third-order valence-corrected chi connectivity index (χ3v) is 3.26. The number of carbonyl (C=O) groups excluding carboxylic acids is 1. The number of aliphatic hydroxyl groups excluding tert-OH is 1. The molecule has 1 aromatic heterocycles. The first-order chi connectivity index (χ1) is 9.22. The first-order valence-electron chi connectivity index (χ1n) is 6.07. The van der Waals surface area contributed by atoms with E-state index in [0.717, 1.165) is 12.2 Å². The number of nitrogens with zero attached hydrogens (tertiary/aromatic N) is 1. The molecule has 0 aliphatic carbocycles. The Morgan fingerprint density at radius 2 is 2.42 bits per heavy atom. The lowest BCUT2D eigenvalue weighted by atomic mass is 10.1. The number of hydrogen-bond donors (Lipinski definition) is 2. The predicted octanol–water partition coefficient (Wildman–Crippen LogP) is 1.30. The average Bonchev–Trinajstić information content (AvgIpc) is 2.44. The van der Waals surface area contributed by atoms with Crippen LogP contribution in [0.25, 0.3) is 0 Å². The van der Waals surface area contributed by atoms with Crippen LogP contribution in [0.4, 0.5) is 0 Å². The van der Waals surface area contributed by atoms with Crippen molar-refractivity contribution in [2.75, 3.05) is 18.6 Å². The van der Waals surface area contributed by atoms with Crippen LogP contribution < -0.4 is 5.32 Å². The van der Waals surface area contributed by atoms with Crippen LogP contribution in [0.1, 0.15) is 29.4 Å². The zero-order valence-corrected chi connectivity index (χ0v) is 12.0. The van der Waals surface area contributed by atoms with Crippen molar-refractivity contribution in [1.29, 1.82) is 0 Å². The monoisotopic (exact) mass is 278 g/mol. The van der Waals surface area contributed by atoms with E-state index in [1.165, 1.54) is 0 Å². The van der Waals surface area contributed by atoms with Gasteiger partial charge < -0.3 is 10.4 Å². The minimum absolute atomic E-state index is 0.128. The number of hydrogen-bond acceptors (Lipinski definition) is 4. The summed E-state index contributed by atoms with van der Waals surface area (Å²) in [5.41, 5.74) is 0.844. The minimum atomic E-state index is -0.236. The highest BCUT2D eigenvalue weighted by atomic mass is 32.2. The van der Waals surface area contributed by atoms with Crippen LogP contribution in [0.3, 0.4) is 0 Å². The number of rotatable bonds is 5. The summed E-state index contributed by atoms with van der Waals surface area (Å²) in [7, 11) is 0. The quantitative estimate of drug-likeness (QED) is 0.797. The first kappa shape index (κ1) is 15.5. The Bertz CT molecular complexity index is 480. The Morgan fingerprint density at radius 1 is 1.63 bits per heavy atom. The molecule has 0 saturated carbocycles. The summed E-state index contributed by atoms with van der Waals surface area (Å²) in [6.45, 7) is 1.80. The second-order valence-electron chi connectivity index (χ2n) is 3.89. The summed E-state index contributed by atoms with van der Waals surface area (Å²) in [4.78, 5) is 16.2. The topological polar surface area (TPSA) is 62.2 Å². The van der Waals surface area contributed by atoms with Gasteiger partial charge in [0.05, 0.1) is 5.56 Å². The van der Waals surface area contributed by atoms with E-state index in [9.17, 15) is 4.79 Å². The normalized spacial score (nSPS) is 11.3. The third-order valence-electron chi connectivity index (χ3n) is 2.52. The van der Waals surface area contributed by atoms with Crippen molar-refractivity contribution in [3.05, 3.63) is 29.6 Å². The van der Waals surface area contributed by atoms with Gasteiger partial charge in [-0.1, -0.05) is 18.8 Å². The molecule has 2 N–H and O–H groups in total. The molecule has 102 valence electrons. The van der Waals surface area contributed by atoms with Gasteiger partial charge in [0.25, 0.3) is 5.91 Å². The Labute approximate surface area is 118 Å². The Balaban J connectivity index is 2.87. The number of nitrogens with one attached hydrogen (secondary N) is 1. The molecule has 4 nitrogen and oxygen atoms in total. The van der Waals surface area contributed by atoms with Crippen LogP contribution >= 0.6 is 11.8 Å².